The summed E-state index contributed by atoms with van der Waals surface area (Å²) in [7, 11) is 0. The lowest BCUT2D eigenvalue weighted by Gasteiger charge is -2.09. The third-order valence-electron chi connectivity index (χ3n) is 2.52. The highest BCUT2D eigenvalue weighted by molar-refractivity contribution is 5.05. The molecule has 0 radical (unpaired) electrons. The van der Waals surface area contributed by atoms with E-state index in [1.807, 2.05) is 16.9 Å². The first kappa shape index (κ1) is 6.85. The third kappa shape index (κ3) is 1.16. The molecule has 1 aliphatic rings. The van der Waals surface area contributed by atoms with E-state index >= 15 is 0 Å². The van der Waals surface area contributed by atoms with Gasteiger partial charge < -0.3 is 5.73 Å². The maximum Gasteiger partial charge on any atom is 0.0591 e. The van der Waals surface area contributed by atoms with Gasteiger partial charge in [0.05, 0.1) is 6.54 Å². The van der Waals surface area contributed by atoms with Crippen LogP contribution in [0.3, 0.4) is 0 Å². The Bertz CT molecular complexity index is 242. The van der Waals surface area contributed by atoms with Crippen LogP contribution >= 0.6 is 0 Å². The van der Waals surface area contributed by atoms with E-state index in [1.54, 1.807) is 6.20 Å². The summed E-state index contributed by atoms with van der Waals surface area (Å²) < 4.78 is 1.91. The van der Waals surface area contributed by atoms with Gasteiger partial charge >= 0.3 is 0 Å². The normalized spacial score (nSPS) is 35.6. The van der Waals surface area contributed by atoms with Crippen LogP contribution in [0.25, 0.3) is 0 Å². The number of nitrogens with zero attached hydrogens (tertiary/aromatic N) is 2. The standard InChI is InChI=1S/C8H13N3/c1-7-5-8(7,9)6-11-4-2-3-10-11/h2-4,7H,5-6,9H2,1H3. The molecular weight excluding hydrogens is 138 g/mol. The van der Waals surface area contributed by atoms with E-state index in [2.05, 4.69) is 12.0 Å². The van der Waals surface area contributed by atoms with Crippen molar-refractivity contribution in [3.8, 4) is 0 Å². The number of aromatic nitrogens is 2. The molecule has 0 bridgehead atoms. The van der Waals surface area contributed by atoms with Crippen LogP contribution in [0.2, 0.25) is 0 Å². The maximum absolute atomic E-state index is 6.02. The van der Waals surface area contributed by atoms with Gasteiger partial charge in [0.2, 0.25) is 0 Å². The summed E-state index contributed by atoms with van der Waals surface area (Å²) in [5.41, 5.74) is 6.05. The van der Waals surface area contributed by atoms with Crippen molar-refractivity contribution < 1.29 is 0 Å². The van der Waals surface area contributed by atoms with Crippen molar-refractivity contribution in [2.45, 2.75) is 25.4 Å². The highest BCUT2D eigenvalue weighted by Crippen LogP contribution is 2.41. The predicted molar refractivity (Wildman–Crippen MR) is 42.9 cm³/mol. The SMILES string of the molecule is CC1CC1(N)Cn1cccn1. The van der Waals surface area contributed by atoms with Gasteiger partial charge in [-0.2, -0.15) is 5.10 Å². The van der Waals surface area contributed by atoms with Crippen LogP contribution in [-0.4, -0.2) is 15.3 Å². The topological polar surface area (TPSA) is 43.8 Å². The summed E-state index contributed by atoms with van der Waals surface area (Å²) in [6.45, 7) is 3.05. The van der Waals surface area contributed by atoms with Gasteiger partial charge in [-0.3, -0.25) is 4.68 Å². The molecule has 2 unspecified atom stereocenters. The van der Waals surface area contributed by atoms with Crippen LogP contribution in [0, 0.1) is 5.92 Å². The maximum atomic E-state index is 6.02. The molecule has 1 heterocycles. The zero-order valence-corrected chi connectivity index (χ0v) is 6.70. The van der Waals surface area contributed by atoms with Gasteiger partial charge in [-0.15, -0.1) is 0 Å². The predicted octanol–water partition coefficient (Wildman–Crippen LogP) is 0.620. The molecule has 3 nitrogen and oxygen atoms in total. The minimum Gasteiger partial charge on any atom is -0.323 e. The van der Waals surface area contributed by atoms with Crippen molar-refractivity contribution in [1.82, 2.24) is 9.78 Å². The van der Waals surface area contributed by atoms with Gasteiger partial charge in [0.25, 0.3) is 0 Å². The summed E-state index contributed by atoms with van der Waals surface area (Å²) in [6, 6.07) is 1.93. The smallest absolute Gasteiger partial charge is 0.0591 e. The average molecular weight is 151 g/mol. The molecule has 0 aliphatic heterocycles. The van der Waals surface area contributed by atoms with Gasteiger partial charge in [-0.1, -0.05) is 6.92 Å². The Kier molecular flexibility index (Phi) is 1.29. The summed E-state index contributed by atoms with van der Waals surface area (Å²) in [6.07, 6.45) is 4.88. The lowest BCUT2D eigenvalue weighted by molar-refractivity contribution is 0.474. The molecule has 11 heavy (non-hydrogen) atoms. The Morgan fingerprint density at radius 1 is 1.82 bits per heavy atom. The van der Waals surface area contributed by atoms with Crippen molar-refractivity contribution in [2.24, 2.45) is 11.7 Å². The molecule has 2 atom stereocenters. The second kappa shape index (κ2) is 2.08. The average Bonchev–Trinajstić information content (AvgIpc) is 2.43. The van der Waals surface area contributed by atoms with E-state index in [4.69, 9.17) is 5.73 Å². The Balaban J connectivity index is 2.02. The van der Waals surface area contributed by atoms with Crippen LogP contribution in [0.15, 0.2) is 18.5 Å². The molecule has 0 spiro atoms. The molecule has 1 aromatic rings. The summed E-state index contributed by atoms with van der Waals surface area (Å²) in [4.78, 5) is 0. The van der Waals surface area contributed by atoms with E-state index in [1.165, 1.54) is 0 Å². The van der Waals surface area contributed by atoms with Crippen LogP contribution < -0.4 is 5.73 Å². The van der Waals surface area contributed by atoms with Gasteiger partial charge in [0, 0.05) is 17.9 Å². The Labute approximate surface area is 66.2 Å². The van der Waals surface area contributed by atoms with Crippen molar-refractivity contribution >= 4 is 0 Å². The molecule has 2 rings (SSSR count). The van der Waals surface area contributed by atoms with Crippen LogP contribution in [0.5, 0.6) is 0 Å². The summed E-state index contributed by atoms with van der Waals surface area (Å²) in [5, 5.41) is 4.11. The molecule has 3 heteroatoms. The summed E-state index contributed by atoms with van der Waals surface area (Å²) >= 11 is 0. The zero-order valence-electron chi connectivity index (χ0n) is 6.70. The lowest BCUT2D eigenvalue weighted by atomic mass is 10.2. The first-order valence-electron chi connectivity index (χ1n) is 3.97. The molecule has 1 fully saturated rings. The molecular formula is C8H13N3. The molecule has 0 amide bonds. The zero-order chi connectivity index (χ0) is 7.90. The second-order valence-corrected chi connectivity index (χ2v) is 3.54. The fourth-order valence-corrected chi connectivity index (χ4v) is 1.43. The summed E-state index contributed by atoms with van der Waals surface area (Å²) in [5.74, 6) is 0.659. The van der Waals surface area contributed by atoms with Gasteiger partial charge in [0.15, 0.2) is 0 Å². The molecule has 1 aliphatic carbocycles. The van der Waals surface area contributed by atoms with Gasteiger partial charge in [0.1, 0.15) is 0 Å². The van der Waals surface area contributed by atoms with E-state index < -0.39 is 0 Å². The van der Waals surface area contributed by atoms with Crippen molar-refractivity contribution in [2.75, 3.05) is 0 Å². The minimum atomic E-state index is 0.0337. The quantitative estimate of drug-likeness (QED) is 0.673. The number of rotatable bonds is 2. The van der Waals surface area contributed by atoms with Gasteiger partial charge in [-0.25, -0.2) is 0 Å². The van der Waals surface area contributed by atoms with Crippen molar-refractivity contribution in [1.29, 1.82) is 0 Å². The van der Waals surface area contributed by atoms with Crippen LogP contribution in [0.4, 0.5) is 0 Å². The minimum absolute atomic E-state index is 0.0337. The second-order valence-electron chi connectivity index (χ2n) is 3.54. The fraction of sp³-hybridized carbons (Fsp3) is 0.625. The van der Waals surface area contributed by atoms with Crippen LogP contribution in [0.1, 0.15) is 13.3 Å². The first-order valence-corrected chi connectivity index (χ1v) is 3.97. The highest BCUT2D eigenvalue weighted by atomic mass is 15.3. The van der Waals surface area contributed by atoms with E-state index in [9.17, 15) is 0 Å². The van der Waals surface area contributed by atoms with Crippen molar-refractivity contribution in [3.63, 3.8) is 0 Å². The molecule has 1 saturated carbocycles. The van der Waals surface area contributed by atoms with E-state index in [-0.39, 0.29) is 5.54 Å². The Morgan fingerprint density at radius 2 is 2.55 bits per heavy atom. The third-order valence-corrected chi connectivity index (χ3v) is 2.52. The van der Waals surface area contributed by atoms with Crippen LogP contribution in [-0.2, 0) is 6.54 Å². The van der Waals surface area contributed by atoms with E-state index in [0.29, 0.717) is 5.92 Å². The molecule has 0 saturated heterocycles. The molecule has 1 aromatic heterocycles. The van der Waals surface area contributed by atoms with E-state index in [0.717, 1.165) is 13.0 Å². The number of hydrogen-bond donors (Lipinski definition) is 1. The Hall–Kier alpha value is -0.830. The van der Waals surface area contributed by atoms with Gasteiger partial charge in [-0.05, 0) is 18.4 Å². The number of nitrogens with two attached hydrogens (primary N) is 1. The lowest BCUT2D eigenvalue weighted by Crippen LogP contribution is -2.30. The fourth-order valence-electron chi connectivity index (χ4n) is 1.43. The molecule has 60 valence electrons. The number of hydrogen-bond acceptors (Lipinski definition) is 2. The Morgan fingerprint density at radius 3 is 3.00 bits per heavy atom. The van der Waals surface area contributed by atoms with Crippen molar-refractivity contribution in [3.05, 3.63) is 18.5 Å². The highest BCUT2D eigenvalue weighted by Gasteiger charge is 2.47. The largest absolute Gasteiger partial charge is 0.323 e. The first-order chi connectivity index (χ1) is 5.21. The molecule has 0 aromatic carbocycles. The molecule has 2 N–H and O–H groups in total. The monoisotopic (exact) mass is 151 g/mol.